The fraction of sp³-hybridized carbons (Fsp3) is 0.516. The highest BCUT2D eigenvalue weighted by atomic mass is 32.2. The summed E-state index contributed by atoms with van der Waals surface area (Å²) in [6, 6.07) is 15.9. The van der Waals surface area contributed by atoms with Crippen LogP contribution in [0.4, 0.5) is 0 Å². The summed E-state index contributed by atoms with van der Waals surface area (Å²) in [6.45, 7) is 6.34. The standard InChI is InChI=1S/C31H38N6O4S/c1-19(2)15-21(17-38)37-26(28(40)33-18-36-23-12-8-7-11-22(23)34-35-36)31-14-13-30(3,42-31)24(25(31)29(37)41)27(39)32-16-20-9-5-4-6-10-20/h4-12,19,21,24-26,38H,13-18H2,1-3H3,(H,32,39)(H,33,40)/t21-,24-,25+,26?,30+,31?/m1/s1. The van der Waals surface area contributed by atoms with E-state index in [1.165, 1.54) is 0 Å². The summed E-state index contributed by atoms with van der Waals surface area (Å²) in [5, 5.41) is 25.0. The van der Waals surface area contributed by atoms with Crippen LogP contribution in [-0.4, -0.2) is 70.9 Å². The van der Waals surface area contributed by atoms with E-state index in [0.717, 1.165) is 23.0 Å². The highest BCUT2D eigenvalue weighted by Gasteiger charge is 2.77. The van der Waals surface area contributed by atoms with Gasteiger partial charge in [0, 0.05) is 11.3 Å². The van der Waals surface area contributed by atoms with Crippen molar-refractivity contribution in [1.29, 1.82) is 0 Å². The highest BCUT2D eigenvalue weighted by molar-refractivity contribution is 8.02. The van der Waals surface area contributed by atoms with Crippen LogP contribution in [0.5, 0.6) is 0 Å². The Labute approximate surface area is 249 Å². The third-order valence-electron chi connectivity index (χ3n) is 9.23. The van der Waals surface area contributed by atoms with Crippen molar-refractivity contribution in [3.8, 4) is 0 Å². The van der Waals surface area contributed by atoms with Gasteiger partial charge in [0.25, 0.3) is 0 Å². The quantitative estimate of drug-likeness (QED) is 0.331. The Balaban J connectivity index is 1.31. The molecule has 0 aliphatic carbocycles. The van der Waals surface area contributed by atoms with Gasteiger partial charge in [0.15, 0.2) is 0 Å². The molecule has 1 aromatic heterocycles. The SMILES string of the molecule is CC(C)C[C@H](CO)N1C(=O)[C@@H]2[C@H](C(=O)NCc3ccccc3)[C@]3(C)CCC2(S3)C1C(=O)NCn1nnc2ccccc21. The topological polar surface area (TPSA) is 129 Å². The summed E-state index contributed by atoms with van der Waals surface area (Å²) < 4.78 is 0.390. The zero-order chi connectivity index (χ0) is 29.6. The number of carbonyl (C=O) groups is 3. The Kier molecular flexibility index (Phi) is 7.51. The fourth-order valence-electron chi connectivity index (χ4n) is 7.46. The van der Waals surface area contributed by atoms with Crippen LogP contribution >= 0.6 is 11.8 Å². The van der Waals surface area contributed by atoms with E-state index < -0.39 is 33.4 Å². The number of nitrogens with one attached hydrogen (secondary N) is 2. The number of rotatable bonds is 10. The first-order valence-corrected chi connectivity index (χ1v) is 15.5. The van der Waals surface area contributed by atoms with Crippen LogP contribution in [0.3, 0.4) is 0 Å². The van der Waals surface area contributed by atoms with Crippen molar-refractivity contribution >= 4 is 40.5 Å². The molecule has 3 fully saturated rings. The molecule has 3 aliphatic rings. The van der Waals surface area contributed by atoms with Crippen LogP contribution in [0.25, 0.3) is 11.0 Å². The molecule has 0 radical (unpaired) electrons. The van der Waals surface area contributed by atoms with Gasteiger partial charge in [-0.2, -0.15) is 0 Å². The second kappa shape index (κ2) is 11.0. The fourth-order valence-corrected chi connectivity index (χ4v) is 9.80. The summed E-state index contributed by atoms with van der Waals surface area (Å²) in [5.74, 6) is -1.70. The van der Waals surface area contributed by atoms with E-state index >= 15 is 0 Å². The molecule has 3 N–H and O–H groups in total. The lowest BCUT2D eigenvalue weighted by molar-refractivity contribution is -0.143. The number of likely N-dealkylation sites (tertiary alicyclic amines) is 1. The summed E-state index contributed by atoms with van der Waals surface area (Å²) >= 11 is 1.63. The van der Waals surface area contributed by atoms with E-state index in [1.807, 2.05) is 68.4 Å². The Hall–Kier alpha value is -3.44. The van der Waals surface area contributed by atoms with Crippen molar-refractivity contribution in [3.63, 3.8) is 0 Å². The molecule has 3 aliphatic heterocycles. The molecule has 42 heavy (non-hydrogen) atoms. The van der Waals surface area contributed by atoms with E-state index in [-0.39, 0.29) is 36.9 Å². The molecular weight excluding hydrogens is 552 g/mol. The van der Waals surface area contributed by atoms with Crippen LogP contribution in [0.1, 0.15) is 45.6 Å². The molecule has 4 heterocycles. The zero-order valence-corrected chi connectivity index (χ0v) is 25.0. The average Bonchev–Trinajstić information content (AvgIpc) is 3.69. The molecule has 6 rings (SSSR count). The number of thioether (sulfide) groups is 1. The molecule has 222 valence electrons. The Morgan fingerprint density at radius 3 is 2.55 bits per heavy atom. The number of para-hydroxylation sites is 1. The second-order valence-electron chi connectivity index (χ2n) is 12.4. The van der Waals surface area contributed by atoms with Crippen molar-refractivity contribution in [2.75, 3.05) is 6.61 Å². The van der Waals surface area contributed by atoms with Gasteiger partial charge in [-0.25, -0.2) is 4.68 Å². The van der Waals surface area contributed by atoms with E-state index in [0.29, 0.717) is 19.4 Å². The third-order valence-corrected chi connectivity index (χ3v) is 11.2. The number of fused-ring (bicyclic) bond motifs is 2. The highest BCUT2D eigenvalue weighted by Crippen LogP contribution is 2.71. The third kappa shape index (κ3) is 4.66. The molecule has 10 nitrogen and oxygen atoms in total. The van der Waals surface area contributed by atoms with Crippen molar-refractivity contribution in [3.05, 3.63) is 60.2 Å². The van der Waals surface area contributed by atoms with E-state index in [9.17, 15) is 19.5 Å². The molecule has 3 amide bonds. The summed E-state index contributed by atoms with van der Waals surface area (Å²) in [5.41, 5.74) is 2.50. The van der Waals surface area contributed by atoms with Gasteiger partial charge in [0.1, 0.15) is 18.2 Å². The monoisotopic (exact) mass is 590 g/mol. The molecule has 1 spiro atoms. The summed E-state index contributed by atoms with van der Waals surface area (Å²) in [6.07, 6.45) is 1.92. The minimum absolute atomic E-state index is 0.0928. The summed E-state index contributed by atoms with van der Waals surface area (Å²) in [4.78, 5) is 44.1. The Bertz CT molecular complexity index is 1500. The van der Waals surface area contributed by atoms with E-state index in [2.05, 4.69) is 27.9 Å². The van der Waals surface area contributed by atoms with Gasteiger partial charge in [-0.15, -0.1) is 16.9 Å². The molecule has 6 atom stereocenters. The zero-order valence-electron chi connectivity index (χ0n) is 24.2. The Morgan fingerprint density at radius 1 is 1.07 bits per heavy atom. The van der Waals surface area contributed by atoms with Crippen LogP contribution in [-0.2, 0) is 27.6 Å². The van der Waals surface area contributed by atoms with Gasteiger partial charge in [-0.05, 0) is 49.8 Å². The van der Waals surface area contributed by atoms with Crippen LogP contribution in [0.2, 0.25) is 0 Å². The van der Waals surface area contributed by atoms with Gasteiger partial charge in [0.2, 0.25) is 17.7 Å². The van der Waals surface area contributed by atoms with E-state index in [1.54, 1.807) is 21.3 Å². The second-order valence-corrected chi connectivity index (χ2v) is 14.3. The van der Waals surface area contributed by atoms with Gasteiger partial charge in [-0.3, -0.25) is 14.4 Å². The summed E-state index contributed by atoms with van der Waals surface area (Å²) in [7, 11) is 0. The van der Waals surface area contributed by atoms with Gasteiger partial charge in [-0.1, -0.05) is 61.5 Å². The molecule has 3 saturated heterocycles. The molecular formula is C31H38N6O4S. The minimum atomic E-state index is -0.820. The Morgan fingerprint density at radius 2 is 1.81 bits per heavy atom. The number of aliphatic hydroxyl groups is 1. The number of hydrogen-bond donors (Lipinski definition) is 3. The van der Waals surface area contributed by atoms with Gasteiger partial charge < -0.3 is 20.6 Å². The number of carbonyl (C=O) groups excluding carboxylic acids is 3. The van der Waals surface area contributed by atoms with E-state index in [4.69, 9.17) is 0 Å². The molecule has 11 heteroatoms. The van der Waals surface area contributed by atoms with Crippen LogP contribution in [0, 0.1) is 17.8 Å². The van der Waals surface area contributed by atoms with Gasteiger partial charge in [0.05, 0.1) is 34.7 Å². The van der Waals surface area contributed by atoms with Crippen LogP contribution in [0.15, 0.2) is 54.6 Å². The lowest BCUT2D eigenvalue weighted by Crippen LogP contribution is -2.57. The maximum Gasteiger partial charge on any atom is 0.245 e. The molecule has 2 bridgehead atoms. The average molecular weight is 591 g/mol. The molecule has 0 saturated carbocycles. The number of benzene rings is 2. The number of aromatic nitrogens is 3. The van der Waals surface area contributed by atoms with Crippen LogP contribution < -0.4 is 10.6 Å². The number of nitrogens with zero attached hydrogens (tertiary/aromatic N) is 4. The van der Waals surface area contributed by atoms with Crippen molar-refractivity contribution < 1.29 is 19.5 Å². The predicted molar refractivity (Wildman–Crippen MR) is 160 cm³/mol. The maximum absolute atomic E-state index is 14.4. The molecule has 2 unspecified atom stereocenters. The number of hydrogen-bond acceptors (Lipinski definition) is 7. The first-order valence-electron chi connectivity index (χ1n) is 14.7. The predicted octanol–water partition coefficient (Wildman–Crippen LogP) is 2.71. The van der Waals surface area contributed by atoms with Crippen molar-refractivity contribution in [1.82, 2.24) is 30.5 Å². The molecule has 2 aromatic carbocycles. The largest absolute Gasteiger partial charge is 0.394 e. The van der Waals surface area contributed by atoms with Crippen molar-refractivity contribution in [2.24, 2.45) is 17.8 Å². The van der Waals surface area contributed by atoms with Gasteiger partial charge >= 0.3 is 0 Å². The smallest absolute Gasteiger partial charge is 0.245 e. The number of amides is 3. The lowest BCUT2D eigenvalue weighted by atomic mass is 9.66. The number of aliphatic hydroxyl groups excluding tert-OH is 1. The lowest BCUT2D eigenvalue weighted by Gasteiger charge is -2.37. The first kappa shape index (κ1) is 28.7. The first-order chi connectivity index (χ1) is 20.2. The molecule has 3 aromatic rings. The van der Waals surface area contributed by atoms with Crippen molar-refractivity contribution in [2.45, 2.75) is 74.8 Å². The maximum atomic E-state index is 14.4. The normalized spacial score (nSPS) is 28.8. The minimum Gasteiger partial charge on any atom is -0.394 e.